The summed E-state index contributed by atoms with van der Waals surface area (Å²) in [6, 6.07) is 17.5. The lowest BCUT2D eigenvalue weighted by Gasteiger charge is -2.08. The summed E-state index contributed by atoms with van der Waals surface area (Å²) >= 11 is 0. The Morgan fingerprint density at radius 1 is 1.04 bits per heavy atom. The summed E-state index contributed by atoms with van der Waals surface area (Å²) in [7, 11) is 0. The molecule has 1 N–H and O–H groups in total. The van der Waals surface area contributed by atoms with Crippen molar-refractivity contribution in [3.63, 3.8) is 0 Å². The van der Waals surface area contributed by atoms with Gasteiger partial charge in [0.1, 0.15) is 17.5 Å². The number of aromatic nitrogens is 4. The highest BCUT2D eigenvalue weighted by Gasteiger charge is 2.15. The van der Waals surface area contributed by atoms with Crippen LogP contribution in [-0.2, 0) is 11.3 Å². The van der Waals surface area contributed by atoms with Crippen LogP contribution in [0, 0.1) is 0 Å². The van der Waals surface area contributed by atoms with Crippen LogP contribution in [0.2, 0.25) is 0 Å². The molecule has 0 saturated heterocycles. The normalized spacial score (nSPS) is 12.2. The minimum atomic E-state index is -0.841. The number of carboxylic acid groups (broad SMARTS) is 1. The second-order valence-electron chi connectivity index (χ2n) is 6.43. The van der Waals surface area contributed by atoms with Crippen LogP contribution in [0.4, 0.5) is 0 Å². The van der Waals surface area contributed by atoms with Crippen LogP contribution in [0.1, 0.15) is 24.0 Å². The Labute approximate surface area is 156 Å². The van der Waals surface area contributed by atoms with Gasteiger partial charge in [0, 0.05) is 5.56 Å². The van der Waals surface area contributed by atoms with Gasteiger partial charge in [0.2, 0.25) is 0 Å². The van der Waals surface area contributed by atoms with Crippen molar-refractivity contribution in [3.8, 4) is 11.3 Å². The fourth-order valence-corrected chi connectivity index (χ4v) is 3.06. The Morgan fingerprint density at radius 3 is 2.48 bits per heavy atom. The molecule has 0 fully saturated rings. The van der Waals surface area contributed by atoms with Gasteiger partial charge in [-0.3, -0.25) is 4.79 Å². The maximum Gasteiger partial charge on any atom is 0.310 e. The molecule has 1 atom stereocenters. The molecule has 0 aliphatic heterocycles. The van der Waals surface area contributed by atoms with Crippen LogP contribution < -0.4 is 0 Å². The third kappa shape index (κ3) is 3.29. The lowest BCUT2D eigenvalue weighted by atomic mass is 9.99. The number of benzene rings is 2. The number of rotatable bonds is 5. The van der Waals surface area contributed by atoms with E-state index in [1.54, 1.807) is 13.3 Å². The summed E-state index contributed by atoms with van der Waals surface area (Å²) in [5.74, 6) is -1.39. The van der Waals surface area contributed by atoms with Crippen molar-refractivity contribution in [2.75, 3.05) is 0 Å². The minimum absolute atomic E-state index is 0.547. The number of aliphatic carboxylic acids is 1. The van der Waals surface area contributed by atoms with Gasteiger partial charge in [-0.1, -0.05) is 54.6 Å². The number of carbonyl (C=O) groups is 1. The van der Waals surface area contributed by atoms with Gasteiger partial charge < -0.3 is 9.67 Å². The second kappa shape index (κ2) is 6.99. The molecule has 4 aromatic rings. The number of imidazole rings is 1. The van der Waals surface area contributed by atoms with Crippen molar-refractivity contribution in [2.24, 2.45) is 0 Å². The van der Waals surface area contributed by atoms with Crippen molar-refractivity contribution in [1.29, 1.82) is 0 Å². The van der Waals surface area contributed by atoms with Crippen LogP contribution in [0.25, 0.3) is 22.4 Å². The van der Waals surface area contributed by atoms with Crippen molar-refractivity contribution in [2.45, 2.75) is 19.4 Å². The molecule has 6 nitrogen and oxygen atoms in total. The third-order valence-electron chi connectivity index (χ3n) is 4.65. The summed E-state index contributed by atoms with van der Waals surface area (Å²) in [6.07, 6.45) is 3.31. The number of nitrogens with zero attached hydrogens (tertiary/aromatic N) is 4. The Kier molecular flexibility index (Phi) is 4.38. The molecule has 4 rings (SSSR count). The van der Waals surface area contributed by atoms with Crippen molar-refractivity contribution >= 4 is 17.1 Å². The van der Waals surface area contributed by atoms with E-state index in [2.05, 4.69) is 27.1 Å². The molecule has 6 heteroatoms. The predicted octanol–water partition coefficient (Wildman–Crippen LogP) is 3.73. The van der Waals surface area contributed by atoms with Gasteiger partial charge in [0.05, 0.1) is 18.8 Å². The van der Waals surface area contributed by atoms with E-state index < -0.39 is 11.9 Å². The maximum atomic E-state index is 11.1. The average molecular weight is 358 g/mol. The molecule has 0 aliphatic carbocycles. The van der Waals surface area contributed by atoms with Crippen LogP contribution in [0.15, 0.2) is 67.3 Å². The lowest BCUT2D eigenvalue weighted by molar-refractivity contribution is -0.138. The maximum absolute atomic E-state index is 11.1. The van der Waals surface area contributed by atoms with Crippen molar-refractivity contribution < 1.29 is 9.90 Å². The van der Waals surface area contributed by atoms with Crippen molar-refractivity contribution in [3.05, 3.63) is 78.4 Å². The van der Waals surface area contributed by atoms with E-state index in [-0.39, 0.29) is 0 Å². The summed E-state index contributed by atoms with van der Waals surface area (Å²) in [6.45, 7) is 2.36. The first-order valence-electron chi connectivity index (χ1n) is 8.66. The van der Waals surface area contributed by atoms with E-state index in [4.69, 9.17) is 5.11 Å². The molecule has 1 unspecified atom stereocenters. The molecule has 0 radical (unpaired) electrons. The fraction of sp³-hybridized carbons (Fsp3) is 0.143. The summed E-state index contributed by atoms with van der Waals surface area (Å²) in [5.41, 5.74) is 5.05. The zero-order chi connectivity index (χ0) is 18.8. The highest BCUT2D eigenvalue weighted by Crippen LogP contribution is 2.26. The van der Waals surface area contributed by atoms with Crippen LogP contribution >= 0.6 is 0 Å². The summed E-state index contributed by atoms with van der Waals surface area (Å²) in [5, 5.41) is 9.15. The minimum Gasteiger partial charge on any atom is -0.481 e. The Balaban J connectivity index is 1.70. The zero-order valence-corrected chi connectivity index (χ0v) is 14.8. The fourth-order valence-electron chi connectivity index (χ4n) is 3.06. The quantitative estimate of drug-likeness (QED) is 0.588. The van der Waals surface area contributed by atoms with E-state index in [1.165, 1.54) is 11.9 Å². The van der Waals surface area contributed by atoms with E-state index >= 15 is 0 Å². The van der Waals surface area contributed by atoms with Crippen LogP contribution in [-0.4, -0.2) is 30.6 Å². The third-order valence-corrected chi connectivity index (χ3v) is 4.65. The van der Waals surface area contributed by atoms with Gasteiger partial charge in [-0.2, -0.15) is 0 Å². The molecule has 0 spiro atoms. The lowest BCUT2D eigenvalue weighted by Crippen LogP contribution is -2.07. The number of fused-ring (bicyclic) bond motifs is 1. The molecule has 2 aromatic carbocycles. The first kappa shape index (κ1) is 16.9. The first-order chi connectivity index (χ1) is 13.1. The monoisotopic (exact) mass is 358 g/mol. The van der Waals surface area contributed by atoms with E-state index in [0.717, 1.165) is 28.0 Å². The van der Waals surface area contributed by atoms with Gasteiger partial charge >= 0.3 is 5.97 Å². The SMILES string of the molecule is CC(C(=O)O)c1ccc(-c2ncnc3c2ncn3Cc2ccccc2)cc1. The van der Waals surface area contributed by atoms with E-state index in [1.807, 2.05) is 47.0 Å². The van der Waals surface area contributed by atoms with E-state index in [9.17, 15) is 4.79 Å². The largest absolute Gasteiger partial charge is 0.481 e. The topological polar surface area (TPSA) is 80.9 Å². The van der Waals surface area contributed by atoms with Gasteiger partial charge in [0.25, 0.3) is 0 Å². The van der Waals surface area contributed by atoms with E-state index in [0.29, 0.717) is 6.54 Å². The summed E-state index contributed by atoms with van der Waals surface area (Å²) < 4.78 is 2.00. The molecule has 134 valence electrons. The van der Waals surface area contributed by atoms with Gasteiger partial charge in [-0.25, -0.2) is 15.0 Å². The molecule has 0 saturated carbocycles. The number of carboxylic acids is 1. The smallest absolute Gasteiger partial charge is 0.310 e. The highest BCUT2D eigenvalue weighted by molar-refractivity contribution is 5.87. The molecule has 0 aliphatic rings. The second-order valence-corrected chi connectivity index (χ2v) is 6.43. The van der Waals surface area contributed by atoms with Gasteiger partial charge in [-0.15, -0.1) is 0 Å². The van der Waals surface area contributed by atoms with Crippen molar-refractivity contribution in [1.82, 2.24) is 19.5 Å². The molecular weight excluding hydrogens is 340 g/mol. The molecule has 2 heterocycles. The van der Waals surface area contributed by atoms with Gasteiger partial charge in [-0.05, 0) is 18.1 Å². The zero-order valence-electron chi connectivity index (χ0n) is 14.8. The predicted molar refractivity (Wildman–Crippen MR) is 102 cm³/mol. The number of hydrogen-bond donors (Lipinski definition) is 1. The molecular formula is C21H18N4O2. The highest BCUT2D eigenvalue weighted by atomic mass is 16.4. The standard InChI is InChI=1S/C21H18N4O2/c1-14(21(26)27)16-7-9-17(10-8-16)18-19-20(23-12-22-18)25(13-24-19)11-15-5-3-2-4-6-15/h2-10,12-14H,11H2,1H3,(H,26,27). The van der Waals surface area contributed by atoms with Gasteiger partial charge in [0.15, 0.2) is 5.65 Å². The average Bonchev–Trinajstić information content (AvgIpc) is 3.11. The van der Waals surface area contributed by atoms with Crippen LogP contribution in [0.5, 0.6) is 0 Å². The molecule has 2 aromatic heterocycles. The Bertz CT molecular complexity index is 1090. The Hall–Kier alpha value is -3.54. The number of hydrogen-bond acceptors (Lipinski definition) is 4. The Morgan fingerprint density at radius 2 is 1.78 bits per heavy atom. The van der Waals surface area contributed by atoms with Crippen LogP contribution in [0.3, 0.4) is 0 Å². The first-order valence-corrected chi connectivity index (χ1v) is 8.66. The summed E-state index contributed by atoms with van der Waals surface area (Å²) in [4.78, 5) is 24.5. The molecule has 27 heavy (non-hydrogen) atoms. The molecule has 0 amide bonds. The molecule has 0 bridgehead atoms.